The Balaban J connectivity index is 1.44. The molecule has 0 aromatic heterocycles. The molecule has 1 saturated heterocycles. The van der Waals surface area contributed by atoms with E-state index in [1.54, 1.807) is 0 Å². The van der Waals surface area contributed by atoms with Crippen LogP contribution in [-0.2, 0) is 12.8 Å². The van der Waals surface area contributed by atoms with Crippen LogP contribution in [-0.4, -0.2) is 64.4 Å². The number of hydrogen-bond acceptors (Lipinski definition) is 5. The van der Waals surface area contributed by atoms with Crippen LogP contribution in [0.1, 0.15) is 17.5 Å². The molecule has 5 heteroatoms. The van der Waals surface area contributed by atoms with Crippen LogP contribution in [0.25, 0.3) is 0 Å². The van der Waals surface area contributed by atoms with Gasteiger partial charge in [-0.2, -0.15) is 0 Å². The Morgan fingerprint density at radius 2 is 1.00 bits per heavy atom. The van der Waals surface area contributed by atoms with E-state index >= 15 is 0 Å². The molecule has 0 aliphatic carbocycles. The van der Waals surface area contributed by atoms with E-state index < -0.39 is 0 Å². The molecule has 1 aliphatic heterocycles. The van der Waals surface area contributed by atoms with Gasteiger partial charge in [-0.1, -0.05) is 60.7 Å². The van der Waals surface area contributed by atoms with E-state index in [1.807, 2.05) is 0 Å². The highest BCUT2D eigenvalue weighted by atomic mass is 15.0. The van der Waals surface area contributed by atoms with Crippen molar-refractivity contribution in [3.63, 3.8) is 0 Å². The highest BCUT2D eigenvalue weighted by Crippen LogP contribution is 2.04. The molecule has 5 N–H and O–H groups in total. The molecule has 1 aliphatic rings. The van der Waals surface area contributed by atoms with Gasteiger partial charge in [0.1, 0.15) is 0 Å². The molecule has 30 heavy (non-hydrogen) atoms. The molecular formula is C25H39N5. The van der Waals surface area contributed by atoms with Crippen LogP contribution in [0.4, 0.5) is 0 Å². The summed E-state index contributed by atoms with van der Waals surface area (Å²) >= 11 is 0. The molecule has 2 aromatic rings. The summed E-state index contributed by atoms with van der Waals surface area (Å²) < 4.78 is 0. The summed E-state index contributed by atoms with van der Waals surface area (Å²) in [6.45, 7) is 8.09. The summed E-state index contributed by atoms with van der Waals surface area (Å²) in [7, 11) is 0. The van der Waals surface area contributed by atoms with Crippen LogP contribution in [0.3, 0.4) is 0 Å². The second kappa shape index (κ2) is 14.3. The van der Waals surface area contributed by atoms with Crippen LogP contribution in [0.5, 0.6) is 0 Å². The first-order valence-electron chi connectivity index (χ1n) is 11.6. The van der Waals surface area contributed by atoms with Gasteiger partial charge in [0.15, 0.2) is 0 Å². The zero-order valence-corrected chi connectivity index (χ0v) is 18.2. The maximum atomic E-state index is 3.73. The van der Waals surface area contributed by atoms with Gasteiger partial charge in [0.2, 0.25) is 0 Å². The lowest BCUT2D eigenvalue weighted by Crippen LogP contribution is -2.46. The van der Waals surface area contributed by atoms with Crippen molar-refractivity contribution in [2.75, 3.05) is 52.4 Å². The number of hydrogen-bond donors (Lipinski definition) is 5. The van der Waals surface area contributed by atoms with Gasteiger partial charge in [-0.25, -0.2) is 0 Å². The molecule has 1 fully saturated rings. The summed E-state index contributed by atoms with van der Waals surface area (Å²) in [6.07, 6.45) is 3.28. The fraction of sp³-hybridized carbons (Fsp3) is 0.520. The van der Waals surface area contributed by atoms with Gasteiger partial charge in [-0.3, -0.25) is 0 Å². The van der Waals surface area contributed by atoms with Crippen molar-refractivity contribution in [3.05, 3.63) is 71.8 Å². The van der Waals surface area contributed by atoms with Crippen molar-refractivity contribution < 1.29 is 0 Å². The van der Waals surface area contributed by atoms with Crippen LogP contribution in [0, 0.1) is 0 Å². The van der Waals surface area contributed by atoms with Crippen molar-refractivity contribution in [2.45, 2.75) is 31.3 Å². The number of rotatable bonds is 4. The largest absolute Gasteiger partial charge is 0.315 e. The maximum absolute atomic E-state index is 3.73. The minimum atomic E-state index is 0.462. The second-order valence-corrected chi connectivity index (χ2v) is 8.19. The van der Waals surface area contributed by atoms with E-state index in [0.29, 0.717) is 12.1 Å². The molecule has 1 heterocycles. The van der Waals surface area contributed by atoms with Crippen molar-refractivity contribution >= 4 is 0 Å². The lowest BCUT2D eigenvalue weighted by molar-refractivity contribution is 0.433. The van der Waals surface area contributed by atoms with Gasteiger partial charge in [-0.15, -0.1) is 0 Å². The van der Waals surface area contributed by atoms with Crippen LogP contribution in [0.15, 0.2) is 60.7 Å². The molecule has 2 unspecified atom stereocenters. The highest BCUT2D eigenvalue weighted by Gasteiger charge is 2.11. The first-order valence-corrected chi connectivity index (χ1v) is 11.6. The van der Waals surface area contributed by atoms with Crippen molar-refractivity contribution in [1.29, 1.82) is 0 Å². The molecular weight excluding hydrogens is 370 g/mol. The summed E-state index contributed by atoms with van der Waals surface area (Å²) in [5.41, 5.74) is 2.80. The molecule has 0 radical (unpaired) electrons. The average molecular weight is 410 g/mol. The molecule has 0 saturated carbocycles. The van der Waals surface area contributed by atoms with E-state index in [4.69, 9.17) is 0 Å². The topological polar surface area (TPSA) is 60.1 Å². The summed E-state index contributed by atoms with van der Waals surface area (Å²) in [6, 6.07) is 22.5. The SMILES string of the molecule is c1ccc(CC2CNCCCNCC(Cc3ccccc3)NCCNCCN2)cc1. The monoisotopic (exact) mass is 409 g/mol. The molecule has 0 spiro atoms. The standard InChI is InChI=1S/C25H39N5/c1-3-8-22(9-4-1)18-24-20-27-12-7-13-28-21-25(19-23-10-5-2-6-11-23)30-17-15-26-14-16-29-24/h1-6,8-11,24-30H,7,12-21H2. The fourth-order valence-corrected chi connectivity index (χ4v) is 3.98. The Labute approximate surface area is 182 Å². The van der Waals surface area contributed by atoms with E-state index in [2.05, 4.69) is 87.2 Å². The molecule has 164 valence electrons. The summed E-state index contributed by atoms with van der Waals surface area (Å²) in [5, 5.41) is 18.3. The summed E-state index contributed by atoms with van der Waals surface area (Å²) in [5.74, 6) is 0. The predicted molar refractivity (Wildman–Crippen MR) is 127 cm³/mol. The molecule has 2 aromatic carbocycles. The molecule has 3 rings (SSSR count). The van der Waals surface area contributed by atoms with E-state index in [9.17, 15) is 0 Å². The van der Waals surface area contributed by atoms with Gasteiger partial charge in [0.25, 0.3) is 0 Å². The summed E-state index contributed by atoms with van der Waals surface area (Å²) in [4.78, 5) is 0. The molecule has 5 nitrogen and oxygen atoms in total. The molecule has 0 amide bonds. The first kappa shape index (κ1) is 22.9. The molecule has 0 bridgehead atoms. The lowest BCUT2D eigenvalue weighted by Gasteiger charge is -2.22. The zero-order valence-electron chi connectivity index (χ0n) is 18.2. The van der Waals surface area contributed by atoms with Gasteiger partial charge in [0, 0.05) is 51.4 Å². The van der Waals surface area contributed by atoms with Crippen LogP contribution < -0.4 is 26.6 Å². The number of benzene rings is 2. The predicted octanol–water partition coefficient (Wildman–Crippen LogP) is 1.56. The Morgan fingerprint density at radius 3 is 1.47 bits per heavy atom. The minimum Gasteiger partial charge on any atom is -0.315 e. The van der Waals surface area contributed by atoms with E-state index in [1.165, 1.54) is 11.1 Å². The third kappa shape index (κ3) is 9.37. The van der Waals surface area contributed by atoms with Crippen LogP contribution in [0.2, 0.25) is 0 Å². The minimum absolute atomic E-state index is 0.462. The quantitative estimate of drug-likeness (QED) is 0.531. The average Bonchev–Trinajstić information content (AvgIpc) is 2.78. The van der Waals surface area contributed by atoms with Gasteiger partial charge in [0.05, 0.1) is 0 Å². The fourth-order valence-electron chi connectivity index (χ4n) is 3.98. The molecule has 2 atom stereocenters. The van der Waals surface area contributed by atoms with E-state index in [0.717, 1.165) is 71.6 Å². The Hall–Kier alpha value is -1.76. The Bertz CT molecular complexity index is 588. The first-order chi connectivity index (χ1) is 14.9. The Morgan fingerprint density at radius 1 is 0.533 bits per heavy atom. The zero-order chi connectivity index (χ0) is 20.7. The second-order valence-electron chi connectivity index (χ2n) is 8.19. The van der Waals surface area contributed by atoms with Crippen molar-refractivity contribution in [3.8, 4) is 0 Å². The normalized spacial score (nSPS) is 23.1. The van der Waals surface area contributed by atoms with Gasteiger partial charge < -0.3 is 26.6 Å². The van der Waals surface area contributed by atoms with Crippen molar-refractivity contribution in [2.24, 2.45) is 0 Å². The Kier molecular flexibility index (Phi) is 10.9. The maximum Gasteiger partial charge on any atom is 0.0233 e. The highest BCUT2D eigenvalue weighted by molar-refractivity contribution is 5.16. The van der Waals surface area contributed by atoms with Gasteiger partial charge in [-0.05, 0) is 43.5 Å². The smallest absolute Gasteiger partial charge is 0.0233 e. The third-order valence-electron chi connectivity index (χ3n) is 5.61. The van der Waals surface area contributed by atoms with Crippen molar-refractivity contribution in [1.82, 2.24) is 26.6 Å². The third-order valence-corrected chi connectivity index (χ3v) is 5.61. The lowest BCUT2D eigenvalue weighted by atomic mass is 10.1. The number of nitrogens with one attached hydrogen (secondary N) is 5. The van der Waals surface area contributed by atoms with Gasteiger partial charge >= 0.3 is 0 Å². The van der Waals surface area contributed by atoms with Crippen LogP contribution >= 0.6 is 0 Å². The van der Waals surface area contributed by atoms with E-state index in [-0.39, 0.29) is 0 Å².